The molecule has 6 heteroatoms. The Kier molecular flexibility index (Phi) is 3.54. The van der Waals surface area contributed by atoms with Gasteiger partial charge in [-0.05, 0) is 40.7 Å². The predicted molar refractivity (Wildman–Crippen MR) is 63.9 cm³/mol. The number of rotatable bonds is 3. The molecule has 0 aliphatic carbocycles. The Labute approximate surface area is 106 Å². The zero-order valence-electron chi connectivity index (χ0n) is 9.04. The average Bonchev–Trinajstić information content (AvgIpc) is 2.64. The minimum Gasteiger partial charge on any atom is -0.316 e. The smallest absolute Gasteiger partial charge is 0.152 e. The van der Waals surface area contributed by atoms with E-state index in [1.165, 1.54) is 24.5 Å². The molecule has 0 unspecified atom stereocenters. The Morgan fingerprint density at radius 1 is 1.35 bits per heavy atom. The molecule has 17 heavy (non-hydrogen) atoms. The average molecular weight is 302 g/mol. The zero-order valence-corrected chi connectivity index (χ0v) is 10.6. The van der Waals surface area contributed by atoms with E-state index in [0.717, 1.165) is 4.68 Å². The summed E-state index contributed by atoms with van der Waals surface area (Å²) in [6.07, 6.45) is 2.97. The fourth-order valence-corrected chi connectivity index (χ4v) is 1.85. The van der Waals surface area contributed by atoms with Crippen molar-refractivity contribution in [3.8, 4) is 5.69 Å². The molecular weight excluding hydrogens is 292 g/mol. The van der Waals surface area contributed by atoms with E-state index < -0.39 is 11.6 Å². The first kappa shape index (κ1) is 12.2. The van der Waals surface area contributed by atoms with Crippen LogP contribution in [0.15, 0.2) is 29.0 Å². The molecule has 2 aromatic rings. The third kappa shape index (κ3) is 2.53. The van der Waals surface area contributed by atoms with Gasteiger partial charge in [0.15, 0.2) is 11.6 Å². The standard InChI is InChI=1S/C11H10BrF2N3/c1-15-4-7-2-9(13)11(10(14)3-7)17-6-8(12)5-16-17/h2-3,5-6,15H,4H2,1H3. The lowest BCUT2D eigenvalue weighted by Gasteiger charge is -2.07. The summed E-state index contributed by atoms with van der Waals surface area (Å²) in [5, 5.41) is 6.70. The van der Waals surface area contributed by atoms with Gasteiger partial charge in [-0.25, -0.2) is 13.5 Å². The van der Waals surface area contributed by atoms with E-state index in [0.29, 0.717) is 16.6 Å². The summed E-state index contributed by atoms with van der Waals surface area (Å²) in [4.78, 5) is 0. The molecule has 0 fully saturated rings. The van der Waals surface area contributed by atoms with Crippen LogP contribution >= 0.6 is 15.9 Å². The molecule has 1 aromatic heterocycles. The van der Waals surface area contributed by atoms with Crippen molar-refractivity contribution in [2.24, 2.45) is 0 Å². The van der Waals surface area contributed by atoms with Gasteiger partial charge in [-0.2, -0.15) is 5.10 Å². The van der Waals surface area contributed by atoms with Gasteiger partial charge in [0.2, 0.25) is 0 Å². The second-order valence-electron chi connectivity index (χ2n) is 3.54. The van der Waals surface area contributed by atoms with Crippen LogP contribution in [0.4, 0.5) is 8.78 Å². The highest BCUT2D eigenvalue weighted by Gasteiger charge is 2.13. The van der Waals surface area contributed by atoms with Crippen molar-refractivity contribution >= 4 is 15.9 Å². The SMILES string of the molecule is CNCc1cc(F)c(-n2cc(Br)cn2)c(F)c1. The van der Waals surface area contributed by atoms with E-state index in [1.807, 2.05) is 0 Å². The topological polar surface area (TPSA) is 29.9 Å². The Morgan fingerprint density at radius 3 is 2.47 bits per heavy atom. The van der Waals surface area contributed by atoms with Crippen LogP contribution in [0.2, 0.25) is 0 Å². The summed E-state index contributed by atoms with van der Waals surface area (Å²) in [6, 6.07) is 2.59. The van der Waals surface area contributed by atoms with Crippen LogP contribution in [0.3, 0.4) is 0 Å². The van der Waals surface area contributed by atoms with Gasteiger partial charge in [-0.3, -0.25) is 0 Å². The third-order valence-electron chi connectivity index (χ3n) is 2.24. The molecule has 0 aliphatic heterocycles. The van der Waals surface area contributed by atoms with E-state index >= 15 is 0 Å². The van der Waals surface area contributed by atoms with Crippen molar-refractivity contribution in [1.29, 1.82) is 0 Å². The van der Waals surface area contributed by atoms with Crippen LogP contribution in [0.5, 0.6) is 0 Å². The molecule has 2 rings (SSSR count). The minimum atomic E-state index is -0.633. The van der Waals surface area contributed by atoms with Crippen LogP contribution in [0, 0.1) is 11.6 Å². The Morgan fingerprint density at radius 2 is 2.00 bits per heavy atom. The largest absolute Gasteiger partial charge is 0.316 e. The number of aromatic nitrogens is 2. The van der Waals surface area contributed by atoms with Crippen LogP contribution in [0.25, 0.3) is 5.69 Å². The second kappa shape index (κ2) is 4.93. The molecule has 0 saturated heterocycles. The molecule has 0 saturated carbocycles. The predicted octanol–water partition coefficient (Wildman–Crippen LogP) is 2.63. The van der Waals surface area contributed by atoms with Crippen molar-refractivity contribution in [2.75, 3.05) is 7.05 Å². The van der Waals surface area contributed by atoms with E-state index in [9.17, 15) is 8.78 Å². The maximum absolute atomic E-state index is 13.8. The normalized spacial score (nSPS) is 10.8. The molecule has 0 spiro atoms. The van der Waals surface area contributed by atoms with E-state index in [1.54, 1.807) is 7.05 Å². The fraction of sp³-hybridized carbons (Fsp3) is 0.182. The molecule has 1 heterocycles. The first-order chi connectivity index (χ1) is 8.11. The number of hydrogen-bond donors (Lipinski definition) is 1. The molecule has 0 atom stereocenters. The van der Waals surface area contributed by atoms with Gasteiger partial charge in [0, 0.05) is 12.7 Å². The highest BCUT2D eigenvalue weighted by molar-refractivity contribution is 9.10. The van der Waals surface area contributed by atoms with E-state index in [4.69, 9.17) is 0 Å². The summed E-state index contributed by atoms with van der Waals surface area (Å²) in [5.74, 6) is -1.27. The fourth-order valence-electron chi connectivity index (χ4n) is 1.57. The molecule has 1 N–H and O–H groups in total. The summed E-state index contributed by atoms with van der Waals surface area (Å²) in [6.45, 7) is 0.414. The molecular formula is C11H10BrF2N3. The molecule has 3 nitrogen and oxygen atoms in total. The van der Waals surface area contributed by atoms with Gasteiger partial charge >= 0.3 is 0 Å². The molecule has 0 amide bonds. The van der Waals surface area contributed by atoms with E-state index in [-0.39, 0.29) is 5.69 Å². The van der Waals surface area contributed by atoms with Crippen LogP contribution in [-0.4, -0.2) is 16.8 Å². The van der Waals surface area contributed by atoms with Crippen molar-refractivity contribution in [3.63, 3.8) is 0 Å². The third-order valence-corrected chi connectivity index (χ3v) is 2.65. The van der Waals surface area contributed by atoms with Crippen molar-refractivity contribution in [2.45, 2.75) is 6.54 Å². The highest BCUT2D eigenvalue weighted by Crippen LogP contribution is 2.20. The van der Waals surface area contributed by atoms with Crippen LogP contribution in [0.1, 0.15) is 5.56 Å². The monoisotopic (exact) mass is 301 g/mol. The summed E-state index contributed by atoms with van der Waals surface area (Å²) in [5.41, 5.74) is 0.382. The lowest BCUT2D eigenvalue weighted by Crippen LogP contribution is -2.08. The first-order valence-corrected chi connectivity index (χ1v) is 5.74. The number of hydrogen-bond acceptors (Lipinski definition) is 2. The van der Waals surface area contributed by atoms with Gasteiger partial charge in [0.25, 0.3) is 0 Å². The lowest BCUT2D eigenvalue weighted by atomic mass is 10.2. The van der Waals surface area contributed by atoms with Gasteiger partial charge in [0.1, 0.15) is 5.69 Å². The van der Waals surface area contributed by atoms with Gasteiger partial charge in [-0.1, -0.05) is 0 Å². The Hall–Kier alpha value is -1.27. The van der Waals surface area contributed by atoms with Crippen LogP contribution in [-0.2, 0) is 6.54 Å². The summed E-state index contributed by atoms with van der Waals surface area (Å²) < 4.78 is 29.4. The van der Waals surface area contributed by atoms with Gasteiger partial charge in [0.05, 0.1) is 10.7 Å². The highest BCUT2D eigenvalue weighted by atomic mass is 79.9. The molecule has 0 bridgehead atoms. The van der Waals surface area contributed by atoms with Crippen molar-refractivity contribution < 1.29 is 8.78 Å². The Bertz CT molecular complexity index is 516. The first-order valence-electron chi connectivity index (χ1n) is 4.95. The quantitative estimate of drug-likeness (QED) is 0.944. The zero-order chi connectivity index (χ0) is 12.4. The number of nitrogens with one attached hydrogen (secondary N) is 1. The summed E-state index contributed by atoms with van der Waals surface area (Å²) in [7, 11) is 1.72. The van der Waals surface area contributed by atoms with Crippen LogP contribution < -0.4 is 5.32 Å². The minimum absolute atomic E-state index is 0.171. The number of benzene rings is 1. The molecule has 0 aliphatic rings. The lowest BCUT2D eigenvalue weighted by molar-refractivity contribution is 0.555. The number of nitrogens with zero attached hydrogens (tertiary/aromatic N) is 2. The van der Waals surface area contributed by atoms with Gasteiger partial charge in [-0.15, -0.1) is 0 Å². The molecule has 0 radical (unpaired) electrons. The maximum atomic E-state index is 13.8. The van der Waals surface area contributed by atoms with Crippen molar-refractivity contribution in [3.05, 3.63) is 46.2 Å². The number of halogens is 3. The Balaban J connectivity index is 2.48. The van der Waals surface area contributed by atoms with Crippen molar-refractivity contribution in [1.82, 2.24) is 15.1 Å². The molecule has 90 valence electrons. The van der Waals surface area contributed by atoms with E-state index in [2.05, 4.69) is 26.3 Å². The maximum Gasteiger partial charge on any atom is 0.152 e. The summed E-state index contributed by atoms with van der Waals surface area (Å²) >= 11 is 3.18. The van der Waals surface area contributed by atoms with Gasteiger partial charge < -0.3 is 5.32 Å². The molecule has 1 aromatic carbocycles. The second-order valence-corrected chi connectivity index (χ2v) is 4.46.